The molecule has 0 aromatic carbocycles. The molecule has 0 aliphatic heterocycles. The van der Waals surface area contributed by atoms with Crippen LogP contribution >= 0.6 is 0 Å². The summed E-state index contributed by atoms with van der Waals surface area (Å²) in [5.41, 5.74) is 0. The Morgan fingerprint density at radius 1 is 1.00 bits per heavy atom. The third kappa shape index (κ3) is 8.86. The molecule has 5 heteroatoms. The first-order valence-corrected chi connectivity index (χ1v) is 19.5. The molecule has 1 fully saturated rings. The minimum Gasteiger partial charge on any atom is -0.413 e. The zero-order valence-corrected chi connectivity index (χ0v) is 26.4. The predicted octanol–water partition coefficient (Wildman–Crippen LogP) is 9.08. The van der Waals surface area contributed by atoms with Gasteiger partial charge < -0.3 is 8.85 Å². The van der Waals surface area contributed by atoms with Crippen LogP contribution in [-0.2, 0) is 13.6 Å². The van der Waals surface area contributed by atoms with Crippen molar-refractivity contribution < 1.29 is 13.6 Å². The molecule has 3 nitrogen and oxygen atoms in total. The summed E-state index contributed by atoms with van der Waals surface area (Å²) in [6.45, 7) is 29.1. The number of Topliss-reactive ketones (excluding diaryl/α,β-unsaturated/α-hetero) is 1. The smallest absolute Gasteiger partial charge is 0.192 e. The van der Waals surface area contributed by atoms with Crippen molar-refractivity contribution in [3.05, 3.63) is 24.8 Å². The molecule has 198 valence electrons. The van der Waals surface area contributed by atoms with Crippen molar-refractivity contribution in [3.8, 4) is 0 Å². The van der Waals surface area contributed by atoms with Gasteiger partial charge in [0.25, 0.3) is 0 Å². The average molecular weight is 509 g/mol. The van der Waals surface area contributed by atoms with E-state index in [0.717, 1.165) is 12.8 Å². The van der Waals surface area contributed by atoms with Crippen LogP contribution in [0.3, 0.4) is 0 Å². The zero-order chi connectivity index (χ0) is 26.4. The Morgan fingerprint density at radius 2 is 1.59 bits per heavy atom. The van der Waals surface area contributed by atoms with Crippen LogP contribution in [0.25, 0.3) is 0 Å². The number of unbranched alkanes of at least 4 members (excludes halogenated alkanes) is 3. The van der Waals surface area contributed by atoms with Gasteiger partial charge in [0.05, 0.1) is 12.2 Å². The summed E-state index contributed by atoms with van der Waals surface area (Å²) in [6, 6.07) is 0. The molecule has 1 aliphatic carbocycles. The van der Waals surface area contributed by atoms with Gasteiger partial charge in [-0.25, -0.2) is 0 Å². The second kappa shape index (κ2) is 12.6. The lowest BCUT2D eigenvalue weighted by atomic mass is 9.90. The standard InChI is InChI=1S/C29H56O3Si2/c1-13-15-16-17-19-23(31-33(9,10)28(3,4)5)20-21-24-25(18-14-2)27(22-26(24)30)32-34(11,12)29(6,7)8/h14,20-21,23-25,27H,2,13,15-19,22H2,1,3-12H3/t23-,24-,25+,27+/m0/s1. The van der Waals surface area contributed by atoms with Crippen LogP contribution in [0.4, 0.5) is 0 Å². The molecule has 1 rings (SSSR count). The summed E-state index contributed by atoms with van der Waals surface area (Å²) in [6.07, 6.45) is 13.7. The largest absolute Gasteiger partial charge is 0.413 e. The molecular formula is C29H56O3Si2. The molecule has 0 heterocycles. The van der Waals surface area contributed by atoms with Gasteiger partial charge in [-0.15, -0.1) is 6.58 Å². The molecule has 0 radical (unpaired) electrons. The lowest BCUT2D eigenvalue weighted by molar-refractivity contribution is -0.120. The molecule has 1 saturated carbocycles. The summed E-state index contributed by atoms with van der Waals surface area (Å²) in [4.78, 5) is 13.2. The van der Waals surface area contributed by atoms with Crippen LogP contribution in [0, 0.1) is 11.8 Å². The number of hydrogen-bond acceptors (Lipinski definition) is 3. The van der Waals surface area contributed by atoms with Crippen molar-refractivity contribution >= 4 is 22.4 Å². The second-order valence-electron chi connectivity index (χ2n) is 13.5. The van der Waals surface area contributed by atoms with Gasteiger partial charge in [0, 0.05) is 18.3 Å². The Balaban J connectivity index is 3.10. The Labute approximate surface area is 214 Å². The van der Waals surface area contributed by atoms with Crippen molar-refractivity contribution in [2.75, 3.05) is 0 Å². The third-order valence-electron chi connectivity index (χ3n) is 8.53. The Kier molecular flexibility index (Phi) is 11.7. The molecular weight excluding hydrogens is 452 g/mol. The van der Waals surface area contributed by atoms with Gasteiger partial charge in [-0.1, -0.05) is 92.4 Å². The SMILES string of the molecule is C=CC[C@@H]1[C@H](C=C[C@H](CCCCCC)O[Si](C)(C)C(C)(C)C)C(=O)C[C@H]1O[Si](C)(C)C(C)(C)C. The first-order valence-electron chi connectivity index (χ1n) is 13.6. The number of rotatable bonds is 13. The summed E-state index contributed by atoms with van der Waals surface area (Å²) in [7, 11) is -3.85. The first-order chi connectivity index (χ1) is 15.5. The Hall–Kier alpha value is -0.496. The minimum atomic E-state index is -1.95. The van der Waals surface area contributed by atoms with Crippen LogP contribution < -0.4 is 0 Å². The maximum Gasteiger partial charge on any atom is 0.192 e. The third-order valence-corrected chi connectivity index (χ3v) is 17.5. The molecule has 0 spiro atoms. The monoisotopic (exact) mass is 508 g/mol. The molecule has 1 aliphatic rings. The van der Waals surface area contributed by atoms with Crippen LogP contribution in [-0.4, -0.2) is 34.6 Å². The highest BCUT2D eigenvalue weighted by Gasteiger charge is 2.47. The van der Waals surface area contributed by atoms with Gasteiger partial charge in [0.15, 0.2) is 16.6 Å². The molecule has 0 aromatic heterocycles. The van der Waals surface area contributed by atoms with E-state index in [2.05, 4.69) is 93.4 Å². The van der Waals surface area contributed by atoms with Crippen LogP contribution in [0.15, 0.2) is 24.8 Å². The molecule has 0 saturated heterocycles. The van der Waals surface area contributed by atoms with E-state index in [1.54, 1.807) is 0 Å². The fraction of sp³-hybridized carbons (Fsp3) is 0.828. The Bertz CT molecular complexity index is 682. The van der Waals surface area contributed by atoms with Crippen molar-refractivity contribution in [3.63, 3.8) is 0 Å². The first kappa shape index (κ1) is 31.5. The fourth-order valence-corrected chi connectivity index (χ4v) is 6.82. The topological polar surface area (TPSA) is 35.5 Å². The lowest BCUT2D eigenvalue weighted by Gasteiger charge is -2.40. The van der Waals surface area contributed by atoms with Gasteiger partial charge in [-0.05, 0) is 49.1 Å². The van der Waals surface area contributed by atoms with Crippen molar-refractivity contribution in [2.24, 2.45) is 11.8 Å². The van der Waals surface area contributed by atoms with E-state index >= 15 is 0 Å². The minimum absolute atomic E-state index is 0.00893. The summed E-state index contributed by atoms with van der Waals surface area (Å²) >= 11 is 0. The van der Waals surface area contributed by atoms with Gasteiger partial charge >= 0.3 is 0 Å². The molecule has 0 aromatic rings. The van der Waals surface area contributed by atoms with Crippen molar-refractivity contribution in [1.82, 2.24) is 0 Å². The number of allylic oxidation sites excluding steroid dienone is 2. The highest BCUT2D eigenvalue weighted by atomic mass is 28.4. The molecule has 0 amide bonds. The number of ketones is 1. The maximum atomic E-state index is 13.2. The zero-order valence-electron chi connectivity index (χ0n) is 24.4. The normalized spacial score (nSPS) is 23.6. The van der Waals surface area contributed by atoms with Gasteiger partial charge in [0.1, 0.15) is 5.78 Å². The van der Waals surface area contributed by atoms with Gasteiger partial charge in [-0.2, -0.15) is 0 Å². The lowest BCUT2D eigenvalue weighted by Crippen LogP contribution is -2.45. The molecule has 0 bridgehead atoms. The summed E-state index contributed by atoms with van der Waals surface area (Å²) < 4.78 is 13.6. The number of carbonyl (C=O) groups excluding carboxylic acids is 1. The van der Waals surface area contributed by atoms with E-state index in [1.807, 2.05) is 6.08 Å². The van der Waals surface area contributed by atoms with E-state index in [0.29, 0.717) is 12.2 Å². The fourth-order valence-electron chi connectivity index (χ4n) is 4.15. The molecule has 4 atom stereocenters. The highest BCUT2D eigenvalue weighted by Crippen LogP contribution is 2.43. The van der Waals surface area contributed by atoms with Crippen molar-refractivity contribution in [1.29, 1.82) is 0 Å². The quantitative estimate of drug-likeness (QED) is 0.141. The second-order valence-corrected chi connectivity index (χ2v) is 23.0. The predicted molar refractivity (Wildman–Crippen MR) is 153 cm³/mol. The van der Waals surface area contributed by atoms with E-state index in [9.17, 15) is 4.79 Å². The van der Waals surface area contributed by atoms with E-state index in [1.165, 1.54) is 25.7 Å². The Morgan fingerprint density at radius 3 is 2.09 bits per heavy atom. The van der Waals surface area contributed by atoms with Crippen molar-refractivity contribution in [2.45, 2.75) is 142 Å². The van der Waals surface area contributed by atoms with Gasteiger partial charge in [0.2, 0.25) is 0 Å². The number of hydrogen-bond donors (Lipinski definition) is 0. The number of carbonyl (C=O) groups is 1. The molecule has 34 heavy (non-hydrogen) atoms. The maximum absolute atomic E-state index is 13.2. The van der Waals surface area contributed by atoms with E-state index in [-0.39, 0.29) is 34.1 Å². The van der Waals surface area contributed by atoms with Crippen LogP contribution in [0.1, 0.15) is 93.4 Å². The van der Waals surface area contributed by atoms with Crippen LogP contribution in [0.5, 0.6) is 0 Å². The highest BCUT2D eigenvalue weighted by molar-refractivity contribution is 6.74. The summed E-state index contributed by atoms with van der Waals surface area (Å²) in [5, 5.41) is 0.294. The average Bonchev–Trinajstić information content (AvgIpc) is 2.95. The summed E-state index contributed by atoms with van der Waals surface area (Å²) in [5.74, 6) is 0.377. The molecule has 0 N–H and O–H groups in total. The van der Waals surface area contributed by atoms with Crippen LogP contribution in [0.2, 0.25) is 36.3 Å². The van der Waals surface area contributed by atoms with E-state index < -0.39 is 16.6 Å². The van der Waals surface area contributed by atoms with E-state index in [4.69, 9.17) is 8.85 Å². The molecule has 0 unspecified atom stereocenters. The van der Waals surface area contributed by atoms with Gasteiger partial charge in [-0.3, -0.25) is 4.79 Å².